The summed E-state index contributed by atoms with van der Waals surface area (Å²) in [5.74, 6) is 0.263. The fraction of sp³-hybridized carbons (Fsp3) is 0.600. The van der Waals surface area contributed by atoms with Gasteiger partial charge in [0.1, 0.15) is 0 Å². The van der Waals surface area contributed by atoms with Crippen molar-refractivity contribution in [3.8, 4) is 0 Å². The van der Waals surface area contributed by atoms with E-state index in [0.29, 0.717) is 12.6 Å². The van der Waals surface area contributed by atoms with Crippen molar-refractivity contribution in [2.24, 2.45) is 0 Å². The van der Waals surface area contributed by atoms with Gasteiger partial charge in [-0.2, -0.15) is 0 Å². The van der Waals surface area contributed by atoms with Crippen molar-refractivity contribution < 1.29 is 9.59 Å². The first kappa shape index (κ1) is 17.9. The monoisotopic (exact) mass is 343 g/mol. The van der Waals surface area contributed by atoms with E-state index in [1.54, 1.807) is 0 Å². The lowest BCUT2D eigenvalue weighted by Gasteiger charge is -2.38. The van der Waals surface area contributed by atoms with E-state index < -0.39 is 0 Å². The van der Waals surface area contributed by atoms with Gasteiger partial charge in [0.2, 0.25) is 11.8 Å². The first-order valence-corrected chi connectivity index (χ1v) is 9.44. The molecule has 0 radical (unpaired) electrons. The zero-order chi connectivity index (χ0) is 17.8. The molecule has 0 aromatic heterocycles. The number of rotatable bonds is 4. The highest BCUT2D eigenvalue weighted by Crippen LogP contribution is 2.23. The molecule has 1 aromatic rings. The molecule has 2 atom stereocenters. The third kappa shape index (κ3) is 4.03. The molecule has 3 rings (SSSR count). The summed E-state index contributed by atoms with van der Waals surface area (Å²) in [6.07, 6.45) is 5.16. The Morgan fingerprint density at radius 3 is 2.60 bits per heavy atom. The van der Waals surface area contributed by atoms with Gasteiger partial charge in [0.15, 0.2) is 0 Å². The summed E-state index contributed by atoms with van der Waals surface area (Å²) in [4.78, 5) is 31.4. The van der Waals surface area contributed by atoms with E-state index in [2.05, 4.69) is 6.92 Å². The number of amides is 2. The molecule has 2 aliphatic rings. The molecule has 0 spiro atoms. The Morgan fingerprint density at radius 1 is 1.12 bits per heavy atom. The van der Waals surface area contributed by atoms with Crippen LogP contribution in [0.5, 0.6) is 0 Å². The van der Waals surface area contributed by atoms with Crippen LogP contribution in [0.3, 0.4) is 0 Å². The minimum Gasteiger partial charge on any atom is -0.339 e. The smallest absolute Gasteiger partial charge is 0.244 e. The van der Waals surface area contributed by atoms with Crippen LogP contribution in [0.2, 0.25) is 0 Å². The van der Waals surface area contributed by atoms with Crippen molar-refractivity contribution >= 4 is 17.5 Å². The zero-order valence-electron chi connectivity index (χ0n) is 15.4. The molecule has 0 bridgehead atoms. The molecule has 5 heteroatoms. The van der Waals surface area contributed by atoms with Crippen LogP contribution < -0.4 is 4.90 Å². The second-order valence-electron chi connectivity index (χ2n) is 7.33. The highest BCUT2D eigenvalue weighted by atomic mass is 16.2. The fourth-order valence-corrected chi connectivity index (χ4v) is 4.01. The highest BCUT2D eigenvalue weighted by molar-refractivity contribution is 5.98. The van der Waals surface area contributed by atoms with Crippen molar-refractivity contribution in [1.29, 1.82) is 0 Å². The quantitative estimate of drug-likeness (QED) is 0.844. The van der Waals surface area contributed by atoms with Gasteiger partial charge in [-0.3, -0.25) is 14.5 Å². The van der Waals surface area contributed by atoms with Gasteiger partial charge >= 0.3 is 0 Å². The number of anilines is 1. The van der Waals surface area contributed by atoms with Gasteiger partial charge in [-0.25, -0.2) is 0 Å². The van der Waals surface area contributed by atoms with E-state index in [1.807, 2.05) is 52.1 Å². The molecule has 1 aromatic carbocycles. The Morgan fingerprint density at radius 2 is 1.88 bits per heavy atom. The third-order valence-corrected chi connectivity index (χ3v) is 5.52. The van der Waals surface area contributed by atoms with Gasteiger partial charge in [0.25, 0.3) is 0 Å². The van der Waals surface area contributed by atoms with Crippen molar-refractivity contribution in [3.05, 3.63) is 30.3 Å². The Bertz CT molecular complexity index is 604. The summed E-state index contributed by atoms with van der Waals surface area (Å²) >= 11 is 0. The number of carbonyl (C=O) groups excluding carboxylic acids is 2. The Balaban J connectivity index is 1.64. The van der Waals surface area contributed by atoms with E-state index in [9.17, 15) is 9.59 Å². The van der Waals surface area contributed by atoms with Crippen molar-refractivity contribution in [1.82, 2.24) is 9.80 Å². The van der Waals surface area contributed by atoms with Crippen LogP contribution in [0.4, 0.5) is 5.69 Å². The van der Waals surface area contributed by atoms with Crippen LogP contribution in [0.1, 0.15) is 39.0 Å². The van der Waals surface area contributed by atoms with Crippen LogP contribution in [0.25, 0.3) is 0 Å². The first-order chi connectivity index (χ1) is 12.1. The Kier molecular flexibility index (Phi) is 5.74. The number of piperidine rings is 2. The average molecular weight is 343 g/mol. The van der Waals surface area contributed by atoms with E-state index in [1.165, 1.54) is 6.42 Å². The standard InChI is InChI=1S/C20H29N3O2/c1-16-9-6-7-13-22(16)19(24)15-21(2)18-12-8-14-23(20(18)25)17-10-4-3-5-11-17/h3-5,10-11,16,18H,6-9,12-15H2,1-2H3. The van der Waals surface area contributed by atoms with Gasteiger partial charge in [-0.15, -0.1) is 0 Å². The molecule has 0 saturated carbocycles. The summed E-state index contributed by atoms with van der Waals surface area (Å²) < 4.78 is 0. The molecular weight excluding hydrogens is 314 g/mol. The summed E-state index contributed by atoms with van der Waals surface area (Å²) in [6, 6.07) is 9.92. The third-order valence-electron chi connectivity index (χ3n) is 5.52. The van der Waals surface area contributed by atoms with Crippen LogP contribution in [0, 0.1) is 0 Å². The number of hydrogen-bond donors (Lipinski definition) is 0. The van der Waals surface area contributed by atoms with Crippen molar-refractivity contribution in [2.75, 3.05) is 31.6 Å². The maximum absolute atomic E-state index is 12.9. The molecule has 0 N–H and O–H groups in total. The van der Waals surface area contributed by atoms with Gasteiger partial charge in [-0.1, -0.05) is 18.2 Å². The number of para-hydroxylation sites is 1. The van der Waals surface area contributed by atoms with Crippen molar-refractivity contribution in [2.45, 2.75) is 51.1 Å². The molecule has 2 fully saturated rings. The number of likely N-dealkylation sites (tertiary alicyclic amines) is 1. The molecule has 0 aliphatic carbocycles. The van der Waals surface area contributed by atoms with E-state index in [4.69, 9.17) is 0 Å². The number of nitrogens with zero attached hydrogens (tertiary/aromatic N) is 3. The lowest BCUT2D eigenvalue weighted by atomic mass is 10.0. The van der Waals surface area contributed by atoms with Crippen LogP contribution in [-0.4, -0.2) is 60.4 Å². The summed E-state index contributed by atoms with van der Waals surface area (Å²) in [7, 11) is 1.91. The molecule has 136 valence electrons. The minimum atomic E-state index is -0.210. The summed E-state index contributed by atoms with van der Waals surface area (Å²) in [5, 5.41) is 0. The Hall–Kier alpha value is -1.88. The summed E-state index contributed by atoms with van der Waals surface area (Å²) in [6.45, 7) is 4.05. The maximum Gasteiger partial charge on any atom is 0.244 e. The van der Waals surface area contributed by atoms with Gasteiger partial charge in [0.05, 0.1) is 12.6 Å². The SMILES string of the molecule is CC1CCCCN1C(=O)CN(C)C1CCCN(c2ccccc2)C1=O. The molecule has 2 heterocycles. The van der Waals surface area contributed by atoms with E-state index in [-0.39, 0.29) is 17.9 Å². The first-order valence-electron chi connectivity index (χ1n) is 9.44. The molecule has 2 amide bonds. The second kappa shape index (κ2) is 8.00. The average Bonchev–Trinajstić information content (AvgIpc) is 2.63. The van der Waals surface area contributed by atoms with Gasteiger partial charge in [-0.05, 0) is 58.2 Å². The molecule has 2 saturated heterocycles. The second-order valence-corrected chi connectivity index (χ2v) is 7.33. The largest absolute Gasteiger partial charge is 0.339 e. The number of benzene rings is 1. The topological polar surface area (TPSA) is 43.9 Å². The molecule has 25 heavy (non-hydrogen) atoms. The highest BCUT2D eigenvalue weighted by Gasteiger charge is 2.34. The lowest BCUT2D eigenvalue weighted by molar-refractivity contribution is -0.137. The Labute approximate surface area is 150 Å². The molecule has 5 nitrogen and oxygen atoms in total. The van der Waals surface area contributed by atoms with Crippen molar-refractivity contribution in [3.63, 3.8) is 0 Å². The number of likely N-dealkylation sites (N-methyl/N-ethyl adjacent to an activating group) is 1. The maximum atomic E-state index is 12.9. The summed E-state index contributed by atoms with van der Waals surface area (Å²) in [5.41, 5.74) is 0.946. The van der Waals surface area contributed by atoms with Crippen LogP contribution in [0.15, 0.2) is 30.3 Å². The van der Waals surface area contributed by atoms with Gasteiger partial charge in [0, 0.05) is 24.8 Å². The minimum absolute atomic E-state index is 0.111. The zero-order valence-corrected chi connectivity index (χ0v) is 15.4. The predicted molar refractivity (Wildman–Crippen MR) is 99.5 cm³/mol. The normalized spacial score (nSPS) is 24.7. The van der Waals surface area contributed by atoms with Gasteiger partial charge < -0.3 is 9.80 Å². The van der Waals surface area contributed by atoms with E-state index >= 15 is 0 Å². The molecule has 2 unspecified atom stereocenters. The number of hydrogen-bond acceptors (Lipinski definition) is 3. The number of carbonyl (C=O) groups is 2. The lowest BCUT2D eigenvalue weighted by Crippen LogP contribution is -2.54. The molecule has 2 aliphatic heterocycles. The predicted octanol–water partition coefficient (Wildman–Crippen LogP) is 2.51. The van der Waals surface area contributed by atoms with Crippen LogP contribution >= 0.6 is 0 Å². The fourth-order valence-electron chi connectivity index (χ4n) is 4.01. The van der Waals surface area contributed by atoms with E-state index in [0.717, 1.165) is 44.5 Å². The van der Waals surface area contributed by atoms with Crippen LogP contribution in [-0.2, 0) is 9.59 Å². The molecular formula is C20H29N3O2.